The van der Waals surface area contributed by atoms with E-state index < -0.39 is 0 Å². The average molecular weight is 289 g/mol. The smallest absolute Gasteiger partial charge is 0.128 e. The van der Waals surface area contributed by atoms with E-state index in [0.29, 0.717) is 5.56 Å². The van der Waals surface area contributed by atoms with Crippen LogP contribution in [0.4, 0.5) is 4.39 Å². The Hall–Kier alpha value is -0.450. The second-order valence-corrected chi connectivity index (χ2v) is 5.61. The molecule has 0 fully saturated rings. The molecule has 4 heteroatoms. The van der Waals surface area contributed by atoms with Crippen LogP contribution in [0.15, 0.2) is 22.7 Å². The number of likely N-dealkylation sites (N-methyl/N-ethyl adjacent to an activating group) is 1. The summed E-state index contributed by atoms with van der Waals surface area (Å²) in [5, 5.41) is 0. The van der Waals surface area contributed by atoms with Crippen LogP contribution >= 0.6 is 15.9 Å². The first-order valence-electron chi connectivity index (χ1n) is 5.14. The van der Waals surface area contributed by atoms with Gasteiger partial charge in [-0.3, -0.25) is 0 Å². The number of benzene rings is 1. The van der Waals surface area contributed by atoms with Crippen LogP contribution in [0, 0.1) is 5.82 Å². The zero-order valence-corrected chi connectivity index (χ0v) is 11.7. The fourth-order valence-electron chi connectivity index (χ4n) is 1.41. The second kappa shape index (κ2) is 4.82. The van der Waals surface area contributed by atoms with E-state index in [1.54, 1.807) is 12.1 Å². The summed E-state index contributed by atoms with van der Waals surface area (Å²) in [6.45, 7) is 4.00. The Morgan fingerprint density at radius 1 is 1.38 bits per heavy atom. The second-order valence-electron chi connectivity index (χ2n) is 4.69. The van der Waals surface area contributed by atoms with Crippen LogP contribution in [0.3, 0.4) is 0 Å². The lowest BCUT2D eigenvalue weighted by atomic mass is 9.88. The third-order valence-electron chi connectivity index (χ3n) is 3.21. The van der Waals surface area contributed by atoms with Gasteiger partial charge in [-0.15, -0.1) is 0 Å². The SMILES string of the molecule is CN(C)C(C)(C)C(N)c1cc(Br)ccc1F. The Labute approximate surface area is 105 Å². The quantitative estimate of drug-likeness (QED) is 0.927. The van der Waals surface area contributed by atoms with E-state index in [-0.39, 0.29) is 17.4 Å². The maximum absolute atomic E-state index is 13.7. The predicted molar refractivity (Wildman–Crippen MR) is 68.8 cm³/mol. The molecule has 1 rings (SSSR count). The van der Waals surface area contributed by atoms with Crippen molar-refractivity contribution in [3.63, 3.8) is 0 Å². The molecule has 0 amide bonds. The minimum absolute atomic E-state index is 0.259. The first-order valence-corrected chi connectivity index (χ1v) is 5.94. The molecule has 1 aromatic rings. The fraction of sp³-hybridized carbons (Fsp3) is 0.500. The molecule has 0 aliphatic carbocycles. The summed E-state index contributed by atoms with van der Waals surface area (Å²) >= 11 is 3.33. The Morgan fingerprint density at radius 2 is 1.94 bits per heavy atom. The molecule has 1 atom stereocenters. The monoisotopic (exact) mass is 288 g/mol. The molecule has 0 saturated carbocycles. The molecule has 0 radical (unpaired) electrons. The summed E-state index contributed by atoms with van der Waals surface area (Å²) in [5.74, 6) is -0.259. The summed E-state index contributed by atoms with van der Waals surface area (Å²) in [5.41, 5.74) is 6.37. The molecule has 2 nitrogen and oxygen atoms in total. The lowest BCUT2D eigenvalue weighted by molar-refractivity contribution is 0.157. The molecule has 0 aliphatic rings. The highest BCUT2D eigenvalue weighted by molar-refractivity contribution is 9.10. The minimum Gasteiger partial charge on any atom is -0.322 e. The molecule has 0 aromatic heterocycles. The largest absolute Gasteiger partial charge is 0.322 e. The van der Waals surface area contributed by atoms with Crippen LogP contribution in [-0.2, 0) is 0 Å². The van der Waals surface area contributed by atoms with Gasteiger partial charge in [0.1, 0.15) is 5.82 Å². The number of nitrogens with zero attached hydrogens (tertiary/aromatic N) is 1. The summed E-state index contributed by atoms with van der Waals surface area (Å²) in [6.07, 6.45) is 0. The molecule has 0 heterocycles. The molecule has 2 N–H and O–H groups in total. The Kier molecular flexibility index (Phi) is 4.10. The van der Waals surface area contributed by atoms with Crippen LogP contribution in [0.2, 0.25) is 0 Å². The van der Waals surface area contributed by atoms with Crippen LogP contribution in [-0.4, -0.2) is 24.5 Å². The van der Waals surface area contributed by atoms with Crippen molar-refractivity contribution < 1.29 is 4.39 Å². The van der Waals surface area contributed by atoms with Gasteiger partial charge in [-0.1, -0.05) is 15.9 Å². The van der Waals surface area contributed by atoms with Gasteiger partial charge in [0.25, 0.3) is 0 Å². The van der Waals surface area contributed by atoms with Gasteiger partial charge in [-0.25, -0.2) is 4.39 Å². The molecule has 1 aromatic carbocycles. The standard InChI is InChI=1S/C12H18BrFN2/c1-12(2,16(3)4)11(15)9-7-8(13)5-6-10(9)14/h5-7,11H,15H2,1-4H3. The molecule has 16 heavy (non-hydrogen) atoms. The van der Waals surface area contributed by atoms with Gasteiger partial charge in [-0.05, 0) is 46.1 Å². The van der Waals surface area contributed by atoms with Gasteiger partial charge in [0, 0.05) is 15.6 Å². The predicted octanol–water partition coefficient (Wildman–Crippen LogP) is 2.93. The van der Waals surface area contributed by atoms with Gasteiger partial charge in [-0.2, -0.15) is 0 Å². The first-order chi connectivity index (χ1) is 7.26. The maximum Gasteiger partial charge on any atom is 0.128 e. The summed E-state index contributed by atoms with van der Waals surface area (Å²) in [7, 11) is 3.88. The van der Waals surface area contributed by atoms with Gasteiger partial charge >= 0.3 is 0 Å². The third-order valence-corrected chi connectivity index (χ3v) is 3.70. The summed E-state index contributed by atoms with van der Waals surface area (Å²) in [6, 6.07) is 4.48. The molecular weight excluding hydrogens is 271 g/mol. The lowest BCUT2D eigenvalue weighted by Crippen LogP contribution is -2.47. The number of hydrogen-bond donors (Lipinski definition) is 1. The molecule has 90 valence electrons. The molecule has 0 aliphatic heterocycles. The van der Waals surface area contributed by atoms with E-state index in [4.69, 9.17) is 5.73 Å². The van der Waals surface area contributed by atoms with E-state index in [9.17, 15) is 4.39 Å². The molecule has 0 saturated heterocycles. The van der Waals surface area contributed by atoms with Crippen molar-refractivity contribution in [1.29, 1.82) is 0 Å². The topological polar surface area (TPSA) is 29.3 Å². The van der Waals surface area contributed by atoms with Gasteiger partial charge in [0.15, 0.2) is 0 Å². The highest BCUT2D eigenvalue weighted by Crippen LogP contribution is 2.30. The zero-order valence-electron chi connectivity index (χ0n) is 10.1. The van der Waals surface area contributed by atoms with Crippen molar-refractivity contribution in [3.05, 3.63) is 34.1 Å². The van der Waals surface area contributed by atoms with Crippen molar-refractivity contribution in [2.45, 2.75) is 25.4 Å². The van der Waals surface area contributed by atoms with E-state index in [0.717, 1.165) is 4.47 Å². The zero-order chi connectivity index (χ0) is 12.5. The molecule has 0 spiro atoms. The van der Waals surface area contributed by atoms with Crippen LogP contribution in [0.1, 0.15) is 25.5 Å². The highest BCUT2D eigenvalue weighted by atomic mass is 79.9. The first kappa shape index (κ1) is 13.6. The minimum atomic E-state index is -0.375. The van der Waals surface area contributed by atoms with Crippen molar-refractivity contribution in [1.82, 2.24) is 4.90 Å². The molecule has 0 bridgehead atoms. The van der Waals surface area contributed by atoms with Gasteiger partial charge < -0.3 is 10.6 Å². The van der Waals surface area contributed by atoms with E-state index >= 15 is 0 Å². The van der Waals surface area contributed by atoms with Crippen molar-refractivity contribution in [2.75, 3.05) is 14.1 Å². The average Bonchev–Trinajstić information content (AvgIpc) is 2.20. The summed E-state index contributed by atoms with van der Waals surface area (Å²) in [4.78, 5) is 2.00. The van der Waals surface area contributed by atoms with Gasteiger partial charge in [0.2, 0.25) is 0 Å². The normalized spacial score (nSPS) is 14.2. The highest BCUT2D eigenvalue weighted by Gasteiger charge is 2.31. The number of nitrogens with two attached hydrogens (primary N) is 1. The Balaban J connectivity index is 3.14. The maximum atomic E-state index is 13.7. The third kappa shape index (κ3) is 2.62. The van der Waals surface area contributed by atoms with Crippen molar-refractivity contribution >= 4 is 15.9 Å². The summed E-state index contributed by atoms with van der Waals surface area (Å²) < 4.78 is 14.5. The van der Waals surface area contributed by atoms with Crippen molar-refractivity contribution in [2.24, 2.45) is 5.73 Å². The number of rotatable bonds is 3. The van der Waals surface area contributed by atoms with E-state index in [1.807, 2.05) is 32.8 Å². The molecule has 1 unspecified atom stereocenters. The number of halogens is 2. The number of hydrogen-bond acceptors (Lipinski definition) is 2. The van der Waals surface area contributed by atoms with Crippen LogP contribution in [0.25, 0.3) is 0 Å². The lowest BCUT2D eigenvalue weighted by Gasteiger charge is -2.38. The Morgan fingerprint density at radius 3 is 2.44 bits per heavy atom. The van der Waals surface area contributed by atoms with Crippen LogP contribution in [0.5, 0.6) is 0 Å². The fourth-order valence-corrected chi connectivity index (χ4v) is 1.79. The Bertz CT molecular complexity index is 377. The van der Waals surface area contributed by atoms with E-state index in [2.05, 4.69) is 15.9 Å². The van der Waals surface area contributed by atoms with Gasteiger partial charge in [0.05, 0.1) is 6.04 Å². The van der Waals surface area contributed by atoms with E-state index in [1.165, 1.54) is 6.07 Å². The molecular formula is C12H18BrFN2. The van der Waals surface area contributed by atoms with Crippen LogP contribution < -0.4 is 5.73 Å². The van der Waals surface area contributed by atoms with Crippen molar-refractivity contribution in [3.8, 4) is 0 Å².